The molecular weight excluding hydrogens is 292 g/mol. The highest BCUT2D eigenvalue weighted by atomic mass is 79.9. The van der Waals surface area contributed by atoms with Crippen LogP contribution in [0.3, 0.4) is 0 Å². The summed E-state index contributed by atoms with van der Waals surface area (Å²) < 4.78 is 0. The van der Waals surface area contributed by atoms with Crippen molar-refractivity contribution in [3.63, 3.8) is 0 Å². The van der Waals surface area contributed by atoms with Gasteiger partial charge in [-0.2, -0.15) is 0 Å². The van der Waals surface area contributed by atoms with E-state index in [-0.39, 0.29) is 0 Å². The molecule has 0 aromatic heterocycles. The van der Waals surface area contributed by atoms with Crippen LogP contribution in [0.15, 0.2) is 29.2 Å². The van der Waals surface area contributed by atoms with Crippen LogP contribution in [0.5, 0.6) is 0 Å². The third kappa shape index (κ3) is 3.51. The fourth-order valence-electron chi connectivity index (χ4n) is 2.36. The number of benzene rings is 1. The lowest BCUT2D eigenvalue weighted by Crippen LogP contribution is -2.07. The normalized spacial score (nSPS) is 20.6. The van der Waals surface area contributed by atoms with Crippen LogP contribution < -0.4 is 0 Å². The Balaban J connectivity index is 1.82. The van der Waals surface area contributed by atoms with E-state index >= 15 is 0 Å². The fraction of sp³-hybridized carbons (Fsp3) is 0.600. The quantitative estimate of drug-likeness (QED) is 0.650. The average molecular weight is 313 g/mol. The molecule has 0 saturated carbocycles. The molecule has 0 aliphatic carbocycles. The second kappa shape index (κ2) is 6.29. The van der Waals surface area contributed by atoms with Gasteiger partial charge < -0.3 is 0 Å². The molecule has 2 unspecified atom stereocenters. The fourth-order valence-corrected chi connectivity index (χ4v) is 3.99. The molecule has 1 aromatic carbocycles. The van der Waals surface area contributed by atoms with Gasteiger partial charge in [-0.15, -0.1) is 11.8 Å². The third-order valence-corrected chi connectivity index (χ3v) is 6.32. The summed E-state index contributed by atoms with van der Waals surface area (Å²) in [4.78, 5) is 2.20. The minimum Gasteiger partial charge on any atom is -0.125 e. The van der Waals surface area contributed by atoms with Gasteiger partial charge in [0.2, 0.25) is 0 Å². The van der Waals surface area contributed by atoms with Crippen molar-refractivity contribution in [3.05, 3.63) is 29.8 Å². The second-order valence-corrected chi connectivity index (χ2v) is 7.47. The SMILES string of the molecule is CC(C)C(Br)CCCC1CSc2ccccc21. The lowest BCUT2D eigenvalue weighted by Gasteiger charge is -2.15. The first kappa shape index (κ1) is 13.5. The zero-order valence-corrected chi connectivity index (χ0v) is 13.1. The monoisotopic (exact) mass is 312 g/mol. The Morgan fingerprint density at radius 3 is 2.88 bits per heavy atom. The van der Waals surface area contributed by atoms with Gasteiger partial charge in [-0.05, 0) is 36.3 Å². The minimum absolute atomic E-state index is 0.687. The van der Waals surface area contributed by atoms with Crippen LogP contribution in [0.4, 0.5) is 0 Å². The Labute approximate surface area is 118 Å². The van der Waals surface area contributed by atoms with Crippen molar-refractivity contribution < 1.29 is 0 Å². The van der Waals surface area contributed by atoms with Gasteiger partial charge in [0.1, 0.15) is 0 Å². The molecule has 1 heterocycles. The van der Waals surface area contributed by atoms with Crippen molar-refractivity contribution in [2.24, 2.45) is 5.92 Å². The highest BCUT2D eigenvalue weighted by molar-refractivity contribution is 9.09. The van der Waals surface area contributed by atoms with Crippen molar-refractivity contribution in [1.82, 2.24) is 0 Å². The summed E-state index contributed by atoms with van der Waals surface area (Å²) in [6.07, 6.45) is 3.99. The molecule has 0 amide bonds. The van der Waals surface area contributed by atoms with E-state index in [2.05, 4.69) is 54.0 Å². The molecule has 2 rings (SSSR count). The van der Waals surface area contributed by atoms with E-state index in [1.165, 1.54) is 29.9 Å². The van der Waals surface area contributed by atoms with E-state index in [1.54, 1.807) is 5.56 Å². The summed E-state index contributed by atoms with van der Waals surface area (Å²) in [6, 6.07) is 8.91. The summed E-state index contributed by atoms with van der Waals surface area (Å²) in [5.41, 5.74) is 1.59. The zero-order valence-electron chi connectivity index (χ0n) is 10.7. The molecule has 1 aromatic rings. The van der Waals surface area contributed by atoms with Crippen LogP contribution in [-0.4, -0.2) is 10.6 Å². The predicted molar refractivity (Wildman–Crippen MR) is 81.3 cm³/mol. The zero-order chi connectivity index (χ0) is 12.3. The predicted octanol–water partition coefficient (Wildman–Crippen LogP) is 5.47. The first-order valence-corrected chi connectivity index (χ1v) is 8.44. The Hall–Kier alpha value is 0.0500. The minimum atomic E-state index is 0.687. The van der Waals surface area contributed by atoms with E-state index < -0.39 is 0 Å². The Morgan fingerprint density at radius 2 is 2.12 bits per heavy atom. The second-order valence-electron chi connectivity index (χ2n) is 5.24. The van der Waals surface area contributed by atoms with Crippen molar-refractivity contribution in [2.75, 3.05) is 5.75 Å². The summed E-state index contributed by atoms with van der Waals surface area (Å²) in [5, 5.41) is 0. The number of halogens is 1. The first-order valence-electron chi connectivity index (χ1n) is 6.54. The average Bonchev–Trinajstić information content (AvgIpc) is 2.72. The number of alkyl halides is 1. The maximum absolute atomic E-state index is 3.78. The Bertz CT molecular complexity index is 362. The van der Waals surface area contributed by atoms with Crippen molar-refractivity contribution in [2.45, 2.75) is 48.8 Å². The van der Waals surface area contributed by atoms with Gasteiger partial charge in [0.25, 0.3) is 0 Å². The third-order valence-electron chi connectivity index (χ3n) is 3.55. The maximum Gasteiger partial charge on any atom is 0.0168 e. The van der Waals surface area contributed by atoms with Gasteiger partial charge >= 0.3 is 0 Å². The van der Waals surface area contributed by atoms with Gasteiger partial charge in [-0.25, -0.2) is 0 Å². The van der Waals surface area contributed by atoms with E-state index in [4.69, 9.17) is 0 Å². The molecule has 2 heteroatoms. The van der Waals surface area contributed by atoms with E-state index in [0.29, 0.717) is 4.83 Å². The summed E-state index contributed by atoms with van der Waals surface area (Å²) in [5.74, 6) is 2.83. The smallest absolute Gasteiger partial charge is 0.0168 e. The lowest BCUT2D eigenvalue weighted by atomic mass is 9.94. The van der Waals surface area contributed by atoms with E-state index in [9.17, 15) is 0 Å². The Morgan fingerprint density at radius 1 is 1.35 bits per heavy atom. The van der Waals surface area contributed by atoms with Crippen molar-refractivity contribution >= 4 is 27.7 Å². The van der Waals surface area contributed by atoms with Gasteiger partial charge in [0.05, 0.1) is 0 Å². The van der Waals surface area contributed by atoms with Crippen LogP contribution in [0, 0.1) is 5.92 Å². The van der Waals surface area contributed by atoms with E-state index in [1.807, 2.05) is 11.8 Å². The Kier molecular flexibility index (Phi) is 4.98. The molecule has 0 bridgehead atoms. The van der Waals surface area contributed by atoms with Crippen LogP contribution in [0.25, 0.3) is 0 Å². The molecule has 0 spiro atoms. The highest BCUT2D eigenvalue weighted by Gasteiger charge is 2.22. The summed E-state index contributed by atoms with van der Waals surface area (Å²) in [6.45, 7) is 4.58. The maximum atomic E-state index is 3.78. The van der Waals surface area contributed by atoms with Gasteiger partial charge in [-0.1, -0.05) is 54.4 Å². The van der Waals surface area contributed by atoms with Crippen LogP contribution in [-0.2, 0) is 0 Å². The van der Waals surface area contributed by atoms with Crippen molar-refractivity contribution in [3.8, 4) is 0 Å². The molecular formula is C15H21BrS. The van der Waals surface area contributed by atoms with Gasteiger partial charge in [0, 0.05) is 15.5 Å². The molecule has 0 saturated heterocycles. The molecule has 1 aliphatic rings. The topological polar surface area (TPSA) is 0 Å². The van der Waals surface area contributed by atoms with Crippen LogP contribution in [0.1, 0.15) is 44.6 Å². The number of hydrogen-bond donors (Lipinski definition) is 0. The molecule has 17 heavy (non-hydrogen) atoms. The van der Waals surface area contributed by atoms with Crippen LogP contribution in [0.2, 0.25) is 0 Å². The molecule has 0 N–H and O–H groups in total. The molecule has 0 nitrogen and oxygen atoms in total. The summed E-state index contributed by atoms with van der Waals surface area (Å²) in [7, 11) is 0. The summed E-state index contributed by atoms with van der Waals surface area (Å²) >= 11 is 5.81. The van der Waals surface area contributed by atoms with E-state index in [0.717, 1.165) is 11.8 Å². The number of thioether (sulfide) groups is 1. The molecule has 0 radical (unpaired) electrons. The van der Waals surface area contributed by atoms with Crippen molar-refractivity contribution in [1.29, 1.82) is 0 Å². The van der Waals surface area contributed by atoms with Gasteiger partial charge in [-0.3, -0.25) is 0 Å². The number of rotatable bonds is 5. The molecule has 1 aliphatic heterocycles. The largest absolute Gasteiger partial charge is 0.125 e. The lowest BCUT2D eigenvalue weighted by molar-refractivity contribution is 0.531. The van der Waals surface area contributed by atoms with Gasteiger partial charge in [0.15, 0.2) is 0 Å². The standard InChI is InChI=1S/C15H21BrS/c1-11(2)14(16)8-5-6-12-10-17-15-9-4-3-7-13(12)15/h3-4,7,9,11-12,14H,5-6,8,10H2,1-2H3. The number of hydrogen-bond acceptors (Lipinski definition) is 1. The number of fused-ring (bicyclic) bond motifs is 1. The molecule has 0 fully saturated rings. The molecule has 2 atom stereocenters. The van der Waals surface area contributed by atoms with Crippen LogP contribution >= 0.6 is 27.7 Å². The molecule has 94 valence electrons. The first-order chi connectivity index (χ1) is 8.18. The highest BCUT2D eigenvalue weighted by Crippen LogP contribution is 2.41.